The zero-order valence-electron chi connectivity index (χ0n) is 24.2. The second kappa shape index (κ2) is 14.7. The molecular formula is C30H29F3N10O3. The van der Waals surface area contributed by atoms with Gasteiger partial charge >= 0.3 is 12.4 Å². The Morgan fingerprint density at radius 1 is 1.02 bits per heavy atom. The number of amides is 3. The van der Waals surface area contributed by atoms with E-state index in [1.54, 1.807) is 24.3 Å². The summed E-state index contributed by atoms with van der Waals surface area (Å²) in [5.41, 5.74) is 15.7. The summed E-state index contributed by atoms with van der Waals surface area (Å²) in [5.74, 6) is 2.26. The number of anilines is 2. The number of alkyl halides is 3. The maximum atomic E-state index is 13.7. The van der Waals surface area contributed by atoms with Crippen LogP contribution in [0.3, 0.4) is 0 Å². The molecule has 0 spiro atoms. The van der Waals surface area contributed by atoms with Crippen molar-refractivity contribution < 1.29 is 27.5 Å². The normalized spacial score (nSPS) is 13.5. The van der Waals surface area contributed by atoms with E-state index in [2.05, 4.69) is 36.6 Å². The Kier molecular flexibility index (Phi) is 10.5. The Morgan fingerprint density at radius 2 is 1.74 bits per heavy atom. The number of hydrogen-bond acceptors (Lipinski definition) is 6. The van der Waals surface area contributed by atoms with Crippen LogP contribution in [-0.4, -0.2) is 30.1 Å². The number of hydrogen-bond donors (Lipinski definition) is 5. The Balaban J connectivity index is 1.63. The third-order valence-electron chi connectivity index (χ3n) is 6.83. The van der Waals surface area contributed by atoms with Crippen molar-refractivity contribution in [2.45, 2.75) is 38.6 Å². The van der Waals surface area contributed by atoms with Crippen molar-refractivity contribution in [2.75, 3.05) is 10.2 Å². The molecular weight excluding hydrogens is 605 g/mol. The van der Waals surface area contributed by atoms with Gasteiger partial charge in [-0.2, -0.15) is 4.99 Å². The fourth-order valence-corrected chi connectivity index (χ4v) is 4.68. The van der Waals surface area contributed by atoms with Crippen LogP contribution in [0.2, 0.25) is 0 Å². The molecule has 1 aliphatic carbocycles. The topological polar surface area (TPSA) is 208 Å². The monoisotopic (exact) mass is 634 g/mol. The minimum atomic E-state index is -5.05. The number of benzene rings is 3. The summed E-state index contributed by atoms with van der Waals surface area (Å²) < 4.78 is 42.7. The summed E-state index contributed by atoms with van der Waals surface area (Å²) in [6.45, 7) is 0.0230. The van der Waals surface area contributed by atoms with Gasteiger partial charge in [0.05, 0.1) is 12.1 Å². The number of nitrogens with zero attached hydrogens (tertiary/aromatic N) is 5. The minimum absolute atomic E-state index is 0.0230. The summed E-state index contributed by atoms with van der Waals surface area (Å²) in [6, 6.07) is 16.1. The number of halogens is 3. The molecule has 0 saturated carbocycles. The van der Waals surface area contributed by atoms with Gasteiger partial charge in [0, 0.05) is 16.9 Å². The van der Waals surface area contributed by atoms with Crippen LogP contribution in [0.5, 0.6) is 5.75 Å². The lowest BCUT2D eigenvalue weighted by Gasteiger charge is -2.24. The van der Waals surface area contributed by atoms with Crippen molar-refractivity contribution in [1.29, 1.82) is 10.9 Å². The Hall–Kier alpha value is -5.93. The number of guanidine groups is 1. The van der Waals surface area contributed by atoms with Gasteiger partial charge in [-0.15, -0.1) is 18.3 Å². The Bertz CT molecular complexity index is 1700. The van der Waals surface area contributed by atoms with Crippen molar-refractivity contribution in [3.63, 3.8) is 0 Å². The van der Waals surface area contributed by atoms with Gasteiger partial charge in [0.1, 0.15) is 5.75 Å². The van der Waals surface area contributed by atoms with Gasteiger partial charge in [0.25, 0.3) is 5.91 Å². The molecule has 46 heavy (non-hydrogen) atoms. The van der Waals surface area contributed by atoms with Gasteiger partial charge in [-0.1, -0.05) is 40.7 Å². The van der Waals surface area contributed by atoms with Crippen LogP contribution in [0, 0.1) is 10.9 Å². The first-order valence-corrected chi connectivity index (χ1v) is 13.8. The van der Waals surface area contributed by atoms with Crippen LogP contribution in [0.15, 0.2) is 93.3 Å². The summed E-state index contributed by atoms with van der Waals surface area (Å²) in [4.78, 5) is 31.0. The summed E-state index contributed by atoms with van der Waals surface area (Å²) in [7, 11) is 0. The van der Waals surface area contributed by atoms with Gasteiger partial charge < -0.3 is 21.6 Å². The maximum Gasteiger partial charge on any atom is 0.573 e. The predicted octanol–water partition coefficient (Wildman–Crippen LogP) is 6.92. The standard InChI is InChI=1S/C30H29F3N10O3/c31-30(32,33)46-25-15-12-22(16-24(25)26(34)40-36)38-29(45)43(23-13-10-20(11-14-23)19-4-2-1-3-5-19)17-18-6-8-21(9-7-18)27(44)39-28(35)41-42-37/h4,6-16,34,36H,1-3,5,17H2,(H,38,45)(H4,35,37,39,41,44). The second-order valence-electron chi connectivity index (χ2n) is 9.95. The Morgan fingerprint density at radius 3 is 2.35 bits per heavy atom. The van der Waals surface area contributed by atoms with Gasteiger partial charge in [-0.25, -0.2) is 10.3 Å². The van der Waals surface area contributed by atoms with Crippen LogP contribution in [0.4, 0.5) is 29.3 Å². The first-order valence-electron chi connectivity index (χ1n) is 13.8. The lowest BCUT2D eigenvalue weighted by molar-refractivity contribution is -0.274. The molecule has 0 atom stereocenters. The number of ether oxygens (including phenoxy) is 1. The van der Waals surface area contributed by atoms with Crippen LogP contribution >= 0.6 is 0 Å². The zero-order valence-corrected chi connectivity index (χ0v) is 24.2. The number of allylic oxidation sites excluding steroid dienone is 2. The molecule has 238 valence electrons. The zero-order chi connectivity index (χ0) is 33.3. The molecule has 0 aromatic heterocycles. The van der Waals surface area contributed by atoms with Gasteiger partial charge in [-0.3, -0.25) is 15.1 Å². The molecule has 0 bridgehead atoms. The lowest BCUT2D eigenvalue weighted by Crippen LogP contribution is -2.34. The number of aliphatic imine (C=N–C) groups is 1. The smallest absolute Gasteiger partial charge is 0.405 e. The van der Waals surface area contributed by atoms with Crippen LogP contribution in [0.25, 0.3) is 5.57 Å². The molecule has 0 aliphatic heterocycles. The van der Waals surface area contributed by atoms with E-state index in [0.717, 1.165) is 43.4 Å². The molecule has 3 aromatic rings. The molecule has 13 nitrogen and oxygen atoms in total. The molecule has 3 aromatic carbocycles. The van der Waals surface area contributed by atoms with Crippen molar-refractivity contribution in [3.8, 4) is 5.75 Å². The molecule has 0 heterocycles. The number of nitrogens with two attached hydrogens (primary N) is 2. The average Bonchev–Trinajstić information content (AvgIpc) is 3.04. The summed E-state index contributed by atoms with van der Waals surface area (Å²) in [5, 5.41) is 19.6. The van der Waals surface area contributed by atoms with Gasteiger partial charge in [0.15, 0.2) is 5.84 Å². The molecule has 4 rings (SSSR count). The predicted molar refractivity (Wildman–Crippen MR) is 165 cm³/mol. The molecule has 0 radical (unpaired) electrons. The number of urea groups is 1. The van der Waals surface area contributed by atoms with E-state index in [0.29, 0.717) is 11.3 Å². The van der Waals surface area contributed by atoms with Crippen LogP contribution < -0.4 is 26.5 Å². The molecule has 1 aliphatic rings. The van der Waals surface area contributed by atoms with E-state index in [1.165, 1.54) is 28.7 Å². The highest BCUT2D eigenvalue weighted by molar-refractivity contribution is 6.05. The first kappa shape index (κ1) is 33.0. The number of carbonyl (C=O) groups excluding carboxylic acids is 2. The maximum absolute atomic E-state index is 13.7. The third-order valence-corrected chi connectivity index (χ3v) is 6.83. The molecule has 0 unspecified atom stereocenters. The quantitative estimate of drug-likeness (QED) is 0.0586. The number of rotatable bonds is 8. The SMILES string of the molecule is N=NC(=N)c1cc(NC(=O)N(Cc2ccc(C(=O)N=C(N)/N=N\N)cc2)c2ccc(C3=CCCCC3)cc2)ccc1OC(F)(F)F. The van der Waals surface area contributed by atoms with Crippen molar-refractivity contribution >= 4 is 40.7 Å². The van der Waals surface area contributed by atoms with Crippen molar-refractivity contribution in [2.24, 2.45) is 32.0 Å². The summed E-state index contributed by atoms with van der Waals surface area (Å²) in [6.07, 6.45) is 1.34. The van der Waals surface area contributed by atoms with E-state index in [9.17, 15) is 22.8 Å². The summed E-state index contributed by atoms with van der Waals surface area (Å²) >= 11 is 0. The van der Waals surface area contributed by atoms with E-state index in [1.807, 2.05) is 12.1 Å². The highest BCUT2D eigenvalue weighted by Crippen LogP contribution is 2.31. The third kappa shape index (κ3) is 8.81. The highest BCUT2D eigenvalue weighted by Gasteiger charge is 2.33. The number of nitrogens with one attached hydrogen (secondary N) is 3. The minimum Gasteiger partial charge on any atom is -0.405 e. The molecule has 3 amide bonds. The number of amidine groups is 1. The molecule has 0 saturated heterocycles. The van der Waals surface area contributed by atoms with E-state index < -0.39 is 41.4 Å². The van der Waals surface area contributed by atoms with Crippen LogP contribution in [-0.2, 0) is 6.54 Å². The fourth-order valence-electron chi connectivity index (χ4n) is 4.68. The Labute approximate surface area is 260 Å². The molecule has 0 fully saturated rings. The second-order valence-corrected chi connectivity index (χ2v) is 9.95. The largest absolute Gasteiger partial charge is 0.573 e. The van der Waals surface area contributed by atoms with Gasteiger partial charge in [-0.05, 0) is 84.8 Å². The van der Waals surface area contributed by atoms with E-state index in [4.69, 9.17) is 22.5 Å². The van der Waals surface area contributed by atoms with E-state index in [-0.39, 0.29) is 17.8 Å². The molecule has 16 heteroatoms. The number of carbonyl (C=O) groups is 2. The van der Waals surface area contributed by atoms with E-state index >= 15 is 0 Å². The van der Waals surface area contributed by atoms with Crippen LogP contribution in [0.1, 0.15) is 52.7 Å². The van der Waals surface area contributed by atoms with Crippen molar-refractivity contribution in [1.82, 2.24) is 0 Å². The molecule has 7 N–H and O–H groups in total. The lowest BCUT2D eigenvalue weighted by atomic mass is 9.93. The van der Waals surface area contributed by atoms with Crippen molar-refractivity contribution in [3.05, 3.63) is 95.1 Å². The fraction of sp³-hybridized carbons (Fsp3) is 0.200. The average molecular weight is 635 g/mol. The first-order chi connectivity index (χ1) is 22.0. The highest BCUT2D eigenvalue weighted by atomic mass is 19.4. The van der Waals surface area contributed by atoms with Gasteiger partial charge in [0.2, 0.25) is 5.96 Å².